The van der Waals surface area contributed by atoms with Crippen LogP contribution in [-0.2, 0) is 0 Å². The van der Waals surface area contributed by atoms with E-state index >= 15 is 0 Å². The van der Waals surface area contributed by atoms with E-state index in [2.05, 4.69) is 23.2 Å². The molecule has 0 spiro atoms. The van der Waals surface area contributed by atoms with E-state index in [1.54, 1.807) is 6.92 Å². The minimum Gasteiger partial charge on any atom is -0.393 e. The molecule has 74 valence electrons. The molecule has 3 nitrogen and oxygen atoms in total. The Labute approximate surface area is 83.0 Å². The number of aryl methyl sites for hydroxylation is 1. The number of aliphatic hydroxyl groups excluding tert-OH is 1. The van der Waals surface area contributed by atoms with Gasteiger partial charge in [-0.3, -0.25) is 0 Å². The van der Waals surface area contributed by atoms with Crippen molar-refractivity contribution in [3.63, 3.8) is 0 Å². The van der Waals surface area contributed by atoms with E-state index in [1.807, 2.05) is 6.92 Å². The molecule has 0 aliphatic carbocycles. The molecular weight excluding hydrogens is 184 g/mol. The largest absolute Gasteiger partial charge is 0.393 e. The Morgan fingerprint density at radius 1 is 1.31 bits per heavy atom. The summed E-state index contributed by atoms with van der Waals surface area (Å²) in [7, 11) is 0. The van der Waals surface area contributed by atoms with E-state index in [4.69, 9.17) is 0 Å². The Morgan fingerprint density at radius 3 is 2.23 bits per heavy atom. The predicted octanol–water partition coefficient (Wildman–Crippen LogP) is 1.97. The van der Waals surface area contributed by atoms with Gasteiger partial charge < -0.3 is 5.11 Å². The monoisotopic (exact) mass is 200 g/mol. The molecule has 1 aromatic rings. The van der Waals surface area contributed by atoms with E-state index in [0.29, 0.717) is 5.92 Å². The predicted molar refractivity (Wildman–Crippen MR) is 53.9 cm³/mol. The van der Waals surface area contributed by atoms with Gasteiger partial charge in [0.2, 0.25) is 0 Å². The number of hydrogen-bond donors (Lipinski definition) is 1. The molecule has 0 aliphatic heterocycles. The molecular formula is C9H16N2OS. The van der Waals surface area contributed by atoms with E-state index in [1.165, 1.54) is 11.5 Å². The molecule has 0 saturated heterocycles. The second kappa shape index (κ2) is 4.15. The Morgan fingerprint density at radius 2 is 1.92 bits per heavy atom. The van der Waals surface area contributed by atoms with Crippen LogP contribution in [0, 0.1) is 12.8 Å². The first-order valence-corrected chi connectivity index (χ1v) is 5.28. The van der Waals surface area contributed by atoms with Gasteiger partial charge in [-0.1, -0.05) is 13.8 Å². The van der Waals surface area contributed by atoms with Crippen LogP contribution in [0.2, 0.25) is 0 Å². The molecule has 0 radical (unpaired) electrons. The minimum absolute atomic E-state index is 0.117. The minimum atomic E-state index is -0.354. The summed E-state index contributed by atoms with van der Waals surface area (Å²) in [5.41, 5.74) is 0. The van der Waals surface area contributed by atoms with Crippen molar-refractivity contribution in [3.8, 4) is 0 Å². The van der Waals surface area contributed by atoms with Crippen molar-refractivity contribution in [2.24, 2.45) is 5.92 Å². The first-order valence-electron chi connectivity index (χ1n) is 4.50. The lowest BCUT2D eigenvalue weighted by Gasteiger charge is -2.20. The fourth-order valence-electron chi connectivity index (χ4n) is 1.50. The highest BCUT2D eigenvalue weighted by molar-refractivity contribution is 7.05. The molecule has 0 aliphatic rings. The number of aromatic nitrogens is 2. The molecule has 0 bridgehead atoms. The number of aliphatic hydroxyl groups is 1. The van der Waals surface area contributed by atoms with Crippen LogP contribution in [0.5, 0.6) is 0 Å². The van der Waals surface area contributed by atoms with Crippen LogP contribution in [0.25, 0.3) is 0 Å². The first-order chi connectivity index (χ1) is 6.02. The highest BCUT2D eigenvalue weighted by Gasteiger charge is 2.24. The summed E-state index contributed by atoms with van der Waals surface area (Å²) in [6.45, 7) is 7.86. The van der Waals surface area contributed by atoms with Gasteiger partial charge in [0, 0.05) is 5.92 Å². The molecule has 2 unspecified atom stereocenters. The average Bonchev–Trinajstić information content (AvgIpc) is 2.34. The van der Waals surface area contributed by atoms with Gasteiger partial charge in [-0.05, 0) is 31.3 Å². The molecule has 0 aromatic carbocycles. The van der Waals surface area contributed by atoms with Gasteiger partial charge in [-0.15, -0.1) is 0 Å². The summed E-state index contributed by atoms with van der Waals surface area (Å²) in [6, 6.07) is 0. The van der Waals surface area contributed by atoms with Crippen molar-refractivity contribution >= 4 is 11.5 Å². The van der Waals surface area contributed by atoms with Gasteiger partial charge in [0.15, 0.2) is 0 Å². The molecule has 1 heterocycles. The summed E-state index contributed by atoms with van der Waals surface area (Å²) in [4.78, 5) is 4.30. The van der Waals surface area contributed by atoms with Gasteiger partial charge in [-0.2, -0.15) is 4.37 Å². The SMILES string of the molecule is Cc1nsc(C(C(C)C)C(C)O)n1. The molecule has 4 heteroatoms. The zero-order valence-electron chi connectivity index (χ0n) is 8.48. The lowest BCUT2D eigenvalue weighted by Crippen LogP contribution is -2.19. The maximum Gasteiger partial charge on any atom is 0.139 e. The molecule has 1 aromatic heterocycles. The Hall–Kier alpha value is -0.480. The van der Waals surface area contributed by atoms with Gasteiger partial charge in [0.05, 0.1) is 6.10 Å². The van der Waals surface area contributed by atoms with Crippen LogP contribution >= 0.6 is 11.5 Å². The summed E-state index contributed by atoms with van der Waals surface area (Å²) in [5.74, 6) is 1.31. The van der Waals surface area contributed by atoms with E-state index in [-0.39, 0.29) is 12.0 Å². The Balaban J connectivity index is 2.88. The highest BCUT2D eigenvalue weighted by Crippen LogP contribution is 2.28. The third kappa shape index (κ3) is 2.48. The lowest BCUT2D eigenvalue weighted by atomic mass is 9.92. The fraction of sp³-hybridized carbons (Fsp3) is 0.778. The van der Waals surface area contributed by atoms with Crippen molar-refractivity contribution in [1.29, 1.82) is 0 Å². The maximum absolute atomic E-state index is 9.58. The molecule has 2 atom stereocenters. The van der Waals surface area contributed by atoms with Crippen LogP contribution in [0.15, 0.2) is 0 Å². The second-order valence-corrected chi connectivity index (χ2v) is 4.47. The molecule has 0 fully saturated rings. The summed E-state index contributed by atoms with van der Waals surface area (Å²) in [6.07, 6.45) is -0.354. The Kier molecular flexibility index (Phi) is 3.39. The Bertz CT molecular complexity index is 262. The summed E-state index contributed by atoms with van der Waals surface area (Å²) >= 11 is 1.39. The molecule has 1 rings (SSSR count). The van der Waals surface area contributed by atoms with Gasteiger partial charge >= 0.3 is 0 Å². The van der Waals surface area contributed by atoms with Crippen molar-refractivity contribution in [2.45, 2.75) is 39.7 Å². The zero-order chi connectivity index (χ0) is 10.0. The second-order valence-electron chi connectivity index (χ2n) is 3.69. The van der Waals surface area contributed by atoms with Crippen molar-refractivity contribution in [1.82, 2.24) is 9.36 Å². The van der Waals surface area contributed by atoms with Crippen LogP contribution in [0.4, 0.5) is 0 Å². The normalized spacial score (nSPS) is 16.2. The van der Waals surface area contributed by atoms with Crippen LogP contribution in [0.1, 0.15) is 37.5 Å². The van der Waals surface area contributed by atoms with Gasteiger partial charge in [0.1, 0.15) is 10.8 Å². The molecule has 1 N–H and O–H groups in total. The van der Waals surface area contributed by atoms with E-state index in [0.717, 1.165) is 10.8 Å². The third-order valence-electron chi connectivity index (χ3n) is 2.07. The standard InChI is InChI=1S/C9H16N2OS/c1-5(2)8(6(3)12)9-10-7(4)11-13-9/h5-6,8,12H,1-4H3. The van der Waals surface area contributed by atoms with Crippen molar-refractivity contribution in [2.75, 3.05) is 0 Å². The van der Waals surface area contributed by atoms with Crippen LogP contribution < -0.4 is 0 Å². The number of hydrogen-bond acceptors (Lipinski definition) is 4. The number of rotatable bonds is 3. The quantitative estimate of drug-likeness (QED) is 0.811. The summed E-state index contributed by atoms with van der Waals surface area (Å²) in [5, 5.41) is 10.5. The molecule has 0 saturated carbocycles. The molecule has 0 amide bonds. The third-order valence-corrected chi connectivity index (χ3v) is 2.97. The smallest absolute Gasteiger partial charge is 0.139 e. The summed E-state index contributed by atoms with van der Waals surface area (Å²) < 4.78 is 4.12. The fourth-order valence-corrected chi connectivity index (χ4v) is 2.53. The van der Waals surface area contributed by atoms with Crippen LogP contribution in [0.3, 0.4) is 0 Å². The van der Waals surface area contributed by atoms with E-state index < -0.39 is 0 Å². The zero-order valence-corrected chi connectivity index (χ0v) is 9.30. The highest BCUT2D eigenvalue weighted by atomic mass is 32.1. The number of nitrogens with zero attached hydrogens (tertiary/aromatic N) is 2. The first kappa shape index (κ1) is 10.6. The maximum atomic E-state index is 9.58. The van der Waals surface area contributed by atoms with Gasteiger partial charge in [0.25, 0.3) is 0 Å². The van der Waals surface area contributed by atoms with Crippen LogP contribution in [-0.4, -0.2) is 20.6 Å². The van der Waals surface area contributed by atoms with Crippen molar-refractivity contribution < 1.29 is 5.11 Å². The average molecular weight is 200 g/mol. The van der Waals surface area contributed by atoms with Crippen molar-refractivity contribution in [3.05, 3.63) is 10.8 Å². The van der Waals surface area contributed by atoms with Gasteiger partial charge in [-0.25, -0.2) is 4.98 Å². The topological polar surface area (TPSA) is 46.0 Å². The molecule has 13 heavy (non-hydrogen) atoms. The lowest BCUT2D eigenvalue weighted by molar-refractivity contribution is 0.140. The van der Waals surface area contributed by atoms with E-state index in [9.17, 15) is 5.11 Å².